The van der Waals surface area contributed by atoms with Crippen molar-refractivity contribution in [3.05, 3.63) is 22.3 Å². The third kappa shape index (κ3) is 2.96. The zero-order valence-electron chi connectivity index (χ0n) is 10.3. The van der Waals surface area contributed by atoms with Gasteiger partial charge in [-0.25, -0.2) is 0 Å². The zero-order valence-corrected chi connectivity index (χ0v) is 12.7. The number of hydrogen-bond donors (Lipinski definition) is 1. The molecule has 2 unspecified atom stereocenters. The highest BCUT2D eigenvalue weighted by molar-refractivity contribution is 7.84. The van der Waals surface area contributed by atoms with Gasteiger partial charge in [-0.05, 0) is 30.1 Å². The number of H-pyrrole nitrogens is 1. The van der Waals surface area contributed by atoms with Crippen molar-refractivity contribution >= 4 is 34.4 Å². The summed E-state index contributed by atoms with van der Waals surface area (Å²) in [6.45, 7) is 2.73. The first-order valence-electron chi connectivity index (χ1n) is 5.61. The Morgan fingerprint density at radius 1 is 1.67 bits per heavy atom. The van der Waals surface area contributed by atoms with Crippen LogP contribution in [-0.4, -0.2) is 30.5 Å². The lowest BCUT2D eigenvalue weighted by molar-refractivity contribution is 0.618. The molecule has 2 heterocycles. The van der Waals surface area contributed by atoms with Gasteiger partial charge in [-0.15, -0.1) is 11.3 Å². The summed E-state index contributed by atoms with van der Waals surface area (Å²) in [5, 5.41) is 9.27. The van der Waals surface area contributed by atoms with Gasteiger partial charge in [0.2, 0.25) is 0 Å². The van der Waals surface area contributed by atoms with Crippen molar-refractivity contribution in [2.45, 2.75) is 25.1 Å². The van der Waals surface area contributed by atoms with Crippen molar-refractivity contribution in [3.63, 3.8) is 0 Å². The summed E-state index contributed by atoms with van der Waals surface area (Å²) in [5.41, 5.74) is 0. The molecule has 0 saturated carbocycles. The molecular formula is C11H15N3OS3. The highest BCUT2D eigenvalue weighted by Gasteiger charge is 2.12. The molecule has 0 radical (unpaired) electrons. The maximum Gasteiger partial charge on any atom is 0.195 e. The molecule has 0 aliphatic carbocycles. The van der Waals surface area contributed by atoms with Crippen molar-refractivity contribution in [3.8, 4) is 10.7 Å². The van der Waals surface area contributed by atoms with Crippen LogP contribution in [0.25, 0.3) is 10.7 Å². The second-order valence-corrected chi connectivity index (χ2v) is 7.22. The summed E-state index contributed by atoms with van der Waals surface area (Å²) in [7, 11) is -0.797. The van der Waals surface area contributed by atoms with E-state index in [1.165, 1.54) is 0 Å². The Morgan fingerprint density at radius 3 is 3.06 bits per heavy atom. The minimum absolute atomic E-state index is 0.165. The summed E-state index contributed by atoms with van der Waals surface area (Å²) in [5.74, 6) is 0.865. The maximum atomic E-state index is 11.4. The highest BCUT2D eigenvalue weighted by Crippen LogP contribution is 2.23. The average molecular weight is 301 g/mol. The Balaban J connectivity index is 2.20. The molecule has 7 heteroatoms. The van der Waals surface area contributed by atoms with Gasteiger partial charge in [0.05, 0.1) is 4.88 Å². The van der Waals surface area contributed by atoms with E-state index in [2.05, 4.69) is 10.2 Å². The van der Waals surface area contributed by atoms with Crippen LogP contribution in [0.5, 0.6) is 0 Å². The molecule has 1 N–H and O–H groups in total. The zero-order chi connectivity index (χ0) is 13.1. The van der Waals surface area contributed by atoms with E-state index in [1.54, 1.807) is 17.6 Å². The number of rotatable bonds is 5. The number of aromatic amines is 1. The largest absolute Gasteiger partial charge is 0.299 e. The summed E-state index contributed by atoms with van der Waals surface area (Å²) < 4.78 is 14.0. The van der Waals surface area contributed by atoms with Crippen LogP contribution in [0.15, 0.2) is 17.5 Å². The highest BCUT2D eigenvalue weighted by atomic mass is 32.2. The fourth-order valence-electron chi connectivity index (χ4n) is 1.60. The van der Waals surface area contributed by atoms with E-state index < -0.39 is 10.8 Å². The standard InChI is InChI=1S/C11H15N3OS3/c1-8(18(2)15)5-6-14-10(12-13-11(14)16)9-4-3-7-17-9/h3-4,7-8H,5-6H2,1-2H3,(H,13,16). The van der Waals surface area contributed by atoms with Crippen LogP contribution in [0, 0.1) is 4.77 Å². The monoisotopic (exact) mass is 301 g/mol. The molecule has 0 saturated heterocycles. The molecule has 4 nitrogen and oxygen atoms in total. The number of aromatic nitrogens is 3. The first-order valence-corrected chi connectivity index (χ1v) is 8.52. The lowest BCUT2D eigenvalue weighted by Crippen LogP contribution is -2.13. The molecule has 0 bridgehead atoms. The number of nitrogens with one attached hydrogen (secondary N) is 1. The predicted octanol–water partition coefficient (Wildman–Crippen LogP) is 2.83. The molecule has 0 aliphatic heterocycles. The SMILES string of the molecule is CC(CCn1c(-c2cccs2)n[nH]c1=S)S(C)=O. The van der Waals surface area contributed by atoms with Crippen LogP contribution in [0.1, 0.15) is 13.3 Å². The molecule has 2 aromatic rings. The number of nitrogens with zero attached hydrogens (tertiary/aromatic N) is 2. The minimum Gasteiger partial charge on any atom is -0.299 e. The topological polar surface area (TPSA) is 50.7 Å². The lowest BCUT2D eigenvalue weighted by atomic mass is 10.3. The molecule has 0 spiro atoms. The number of thiophene rings is 1. The Kier molecular flexibility index (Phi) is 4.47. The number of hydrogen-bond acceptors (Lipinski definition) is 4. The molecule has 2 atom stereocenters. The average Bonchev–Trinajstić information content (AvgIpc) is 2.95. The van der Waals surface area contributed by atoms with Crippen molar-refractivity contribution in [2.24, 2.45) is 0 Å². The van der Waals surface area contributed by atoms with Gasteiger partial charge in [-0.3, -0.25) is 13.9 Å². The summed E-state index contributed by atoms with van der Waals surface area (Å²) in [6.07, 6.45) is 2.56. The van der Waals surface area contributed by atoms with E-state index >= 15 is 0 Å². The Bertz CT molecular complexity index is 585. The van der Waals surface area contributed by atoms with E-state index in [1.807, 2.05) is 29.0 Å². The predicted molar refractivity (Wildman–Crippen MR) is 78.9 cm³/mol. The van der Waals surface area contributed by atoms with Crippen molar-refractivity contribution in [2.75, 3.05) is 6.26 Å². The molecule has 2 rings (SSSR count). The molecule has 0 fully saturated rings. The van der Waals surface area contributed by atoms with E-state index in [4.69, 9.17) is 12.2 Å². The first kappa shape index (κ1) is 13.6. The van der Waals surface area contributed by atoms with Crippen molar-refractivity contribution in [1.82, 2.24) is 14.8 Å². The normalized spacial score (nSPS) is 14.6. The summed E-state index contributed by atoms with van der Waals surface area (Å²) in [6, 6.07) is 4.01. The fourth-order valence-corrected chi connectivity index (χ4v) is 2.98. The van der Waals surface area contributed by atoms with Gasteiger partial charge < -0.3 is 0 Å². The van der Waals surface area contributed by atoms with E-state index in [9.17, 15) is 4.21 Å². The third-order valence-corrected chi connectivity index (χ3v) is 5.37. The van der Waals surface area contributed by atoms with Crippen LogP contribution in [-0.2, 0) is 17.3 Å². The Labute approximate surface area is 118 Å². The van der Waals surface area contributed by atoms with Gasteiger partial charge in [-0.1, -0.05) is 13.0 Å². The van der Waals surface area contributed by atoms with Gasteiger partial charge >= 0.3 is 0 Å². The molecular weight excluding hydrogens is 286 g/mol. The Hall–Kier alpha value is -0.790. The van der Waals surface area contributed by atoms with Gasteiger partial charge in [0.1, 0.15) is 0 Å². The van der Waals surface area contributed by atoms with Crippen LogP contribution in [0.3, 0.4) is 0 Å². The molecule has 98 valence electrons. The van der Waals surface area contributed by atoms with Gasteiger partial charge in [0.15, 0.2) is 10.6 Å². The van der Waals surface area contributed by atoms with Gasteiger partial charge in [-0.2, -0.15) is 5.10 Å². The quantitative estimate of drug-likeness (QED) is 0.864. The maximum absolute atomic E-state index is 11.4. The first-order chi connectivity index (χ1) is 8.59. The van der Waals surface area contributed by atoms with Gasteiger partial charge in [0.25, 0.3) is 0 Å². The van der Waals surface area contributed by atoms with E-state index in [0.717, 1.165) is 23.7 Å². The van der Waals surface area contributed by atoms with Crippen LogP contribution in [0.4, 0.5) is 0 Å². The second-order valence-electron chi connectivity index (χ2n) is 4.08. The molecule has 0 aliphatic rings. The Morgan fingerprint density at radius 2 is 2.44 bits per heavy atom. The van der Waals surface area contributed by atoms with Crippen LogP contribution >= 0.6 is 23.6 Å². The van der Waals surface area contributed by atoms with E-state index in [-0.39, 0.29) is 5.25 Å². The summed E-state index contributed by atoms with van der Waals surface area (Å²) >= 11 is 6.87. The lowest BCUT2D eigenvalue weighted by Gasteiger charge is -2.09. The minimum atomic E-state index is -0.797. The van der Waals surface area contributed by atoms with Crippen LogP contribution < -0.4 is 0 Å². The summed E-state index contributed by atoms with van der Waals surface area (Å²) in [4.78, 5) is 1.09. The second kappa shape index (κ2) is 5.90. The van der Waals surface area contributed by atoms with Crippen molar-refractivity contribution in [1.29, 1.82) is 0 Å². The molecule has 18 heavy (non-hydrogen) atoms. The third-order valence-electron chi connectivity index (χ3n) is 2.83. The molecule has 2 aromatic heterocycles. The van der Waals surface area contributed by atoms with E-state index in [0.29, 0.717) is 4.77 Å². The van der Waals surface area contributed by atoms with Gasteiger partial charge in [0, 0.05) is 28.9 Å². The molecule has 0 aromatic carbocycles. The molecule has 0 amide bonds. The fraction of sp³-hybridized carbons (Fsp3) is 0.455. The smallest absolute Gasteiger partial charge is 0.195 e. The van der Waals surface area contributed by atoms with Crippen LogP contribution in [0.2, 0.25) is 0 Å². The van der Waals surface area contributed by atoms with Crippen molar-refractivity contribution < 1.29 is 4.21 Å².